The first kappa shape index (κ1) is 16.2. The molecule has 2 rings (SSSR count). The number of rotatable bonds is 4. The van der Waals surface area contributed by atoms with Gasteiger partial charge in [-0.25, -0.2) is 0 Å². The van der Waals surface area contributed by atoms with Gasteiger partial charge in [-0.05, 0) is 30.3 Å². The molecule has 0 aliphatic heterocycles. The molecule has 0 fully saturated rings. The molecule has 0 saturated carbocycles. The van der Waals surface area contributed by atoms with Gasteiger partial charge < -0.3 is 10.6 Å². The molecule has 0 aliphatic carbocycles. The Kier molecular flexibility index (Phi) is 4.92. The Morgan fingerprint density at radius 1 is 1.09 bits per heavy atom. The van der Waals surface area contributed by atoms with Gasteiger partial charge in [0.2, 0.25) is 5.91 Å². The lowest BCUT2D eigenvalue weighted by Crippen LogP contribution is -2.22. The van der Waals surface area contributed by atoms with E-state index in [0.29, 0.717) is 10.7 Å². The molecule has 116 valence electrons. The van der Waals surface area contributed by atoms with Crippen molar-refractivity contribution >= 4 is 28.9 Å². The Morgan fingerprint density at radius 3 is 2.50 bits per heavy atom. The SMILES string of the molecule is O=C(CNc1ccccc1Cl)Nc1cccc(C(F)(F)F)c1. The number of amides is 1. The van der Waals surface area contributed by atoms with Crippen molar-refractivity contribution in [2.45, 2.75) is 6.18 Å². The predicted octanol–water partition coefficient (Wildman–Crippen LogP) is 4.41. The van der Waals surface area contributed by atoms with Crippen LogP contribution in [0.15, 0.2) is 48.5 Å². The van der Waals surface area contributed by atoms with Crippen LogP contribution < -0.4 is 10.6 Å². The minimum atomic E-state index is -4.45. The normalized spacial score (nSPS) is 11.1. The summed E-state index contributed by atoms with van der Waals surface area (Å²) < 4.78 is 37.7. The molecular weight excluding hydrogens is 317 g/mol. The summed E-state index contributed by atoms with van der Waals surface area (Å²) in [7, 11) is 0. The smallest absolute Gasteiger partial charge is 0.375 e. The van der Waals surface area contributed by atoms with Gasteiger partial charge >= 0.3 is 6.18 Å². The van der Waals surface area contributed by atoms with Crippen molar-refractivity contribution in [2.75, 3.05) is 17.2 Å². The van der Waals surface area contributed by atoms with E-state index in [0.717, 1.165) is 12.1 Å². The van der Waals surface area contributed by atoms with Gasteiger partial charge in [-0.3, -0.25) is 4.79 Å². The van der Waals surface area contributed by atoms with E-state index in [1.807, 2.05) is 0 Å². The van der Waals surface area contributed by atoms with E-state index >= 15 is 0 Å². The van der Waals surface area contributed by atoms with Gasteiger partial charge in [0.1, 0.15) is 0 Å². The van der Waals surface area contributed by atoms with Crippen LogP contribution >= 0.6 is 11.6 Å². The van der Waals surface area contributed by atoms with Gasteiger partial charge in [0.15, 0.2) is 0 Å². The molecule has 2 aromatic carbocycles. The lowest BCUT2D eigenvalue weighted by Gasteiger charge is -2.11. The molecule has 1 amide bonds. The van der Waals surface area contributed by atoms with E-state index in [1.165, 1.54) is 12.1 Å². The molecule has 2 aromatic rings. The van der Waals surface area contributed by atoms with Gasteiger partial charge in [-0.2, -0.15) is 13.2 Å². The third-order valence-corrected chi connectivity index (χ3v) is 3.12. The summed E-state index contributed by atoms with van der Waals surface area (Å²) in [6.45, 7) is -0.111. The minimum Gasteiger partial charge on any atom is -0.375 e. The average molecular weight is 329 g/mol. The van der Waals surface area contributed by atoms with Crippen LogP contribution in [0.25, 0.3) is 0 Å². The van der Waals surface area contributed by atoms with Crippen molar-refractivity contribution in [1.82, 2.24) is 0 Å². The van der Waals surface area contributed by atoms with Crippen molar-refractivity contribution in [3.8, 4) is 0 Å². The summed E-state index contributed by atoms with van der Waals surface area (Å²) in [6.07, 6.45) is -4.45. The zero-order valence-corrected chi connectivity index (χ0v) is 12.0. The van der Waals surface area contributed by atoms with Gasteiger partial charge in [-0.15, -0.1) is 0 Å². The standard InChI is InChI=1S/C15H12ClF3N2O/c16-12-6-1-2-7-13(12)20-9-14(22)21-11-5-3-4-10(8-11)15(17,18)19/h1-8,20H,9H2,(H,21,22). The number of halogens is 4. The number of hydrogen-bond donors (Lipinski definition) is 2. The van der Waals surface area contributed by atoms with Gasteiger partial charge in [0.25, 0.3) is 0 Å². The van der Waals surface area contributed by atoms with Crippen molar-refractivity contribution in [3.05, 3.63) is 59.1 Å². The summed E-state index contributed by atoms with van der Waals surface area (Å²) in [6, 6.07) is 11.3. The highest BCUT2D eigenvalue weighted by Gasteiger charge is 2.30. The zero-order chi connectivity index (χ0) is 16.2. The summed E-state index contributed by atoms with van der Waals surface area (Å²) in [5.74, 6) is -0.473. The van der Waals surface area contributed by atoms with E-state index in [4.69, 9.17) is 11.6 Å². The molecule has 22 heavy (non-hydrogen) atoms. The molecule has 7 heteroatoms. The summed E-state index contributed by atoms with van der Waals surface area (Å²) in [5, 5.41) is 5.66. The number of alkyl halides is 3. The first-order valence-electron chi connectivity index (χ1n) is 6.32. The van der Waals surface area contributed by atoms with Crippen LogP contribution in [0.4, 0.5) is 24.5 Å². The zero-order valence-electron chi connectivity index (χ0n) is 11.2. The highest BCUT2D eigenvalue weighted by molar-refractivity contribution is 6.33. The number of nitrogens with one attached hydrogen (secondary N) is 2. The lowest BCUT2D eigenvalue weighted by molar-refractivity contribution is -0.137. The molecule has 2 N–H and O–H groups in total. The van der Waals surface area contributed by atoms with Crippen LogP contribution in [0.2, 0.25) is 5.02 Å². The molecule has 0 heterocycles. The van der Waals surface area contributed by atoms with Crippen LogP contribution in [-0.4, -0.2) is 12.5 Å². The first-order valence-corrected chi connectivity index (χ1v) is 6.69. The van der Waals surface area contributed by atoms with Gasteiger partial charge in [0, 0.05) is 5.69 Å². The number of benzene rings is 2. The highest BCUT2D eigenvalue weighted by Crippen LogP contribution is 2.30. The topological polar surface area (TPSA) is 41.1 Å². The van der Waals surface area contributed by atoms with Gasteiger partial charge in [-0.1, -0.05) is 29.8 Å². The molecule has 0 radical (unpaired) electrons. The van der Waals surface area contributed by atoms with Crippen LogP contribution in [-0.2, 0) is 11.0 Å². The fourth-order valence-electron chi connectivity index (χ4n) is 1.76. The molecule has 3 nitrogen and oxygen atoms in total. The molecule has 0 unspecified atom stereocenters. The number of carbonyl (C=O) groups is 1. The maximum absolute atomic E-state index is 12.6. The Labute approximate surface area is 130 Å². The average Bonchev–Trinajstić information content (AvgIpc) is 2.46. The van der Waals surface area contributed by atoms with Crippen molar-refractivity contribution in [2.24, 2.45) is 0 Å². The number of hydrogen-bond acceptors (Lipinski definition) is 2. The molecular formula is C15H12ClF3N2O. The molecule has 0 bridgehead atoms. The number of para-hydroxylation sites is 1. The van der Waals surface area contributed by atoms with E-state index < -0.39 is 17.6 Å². The molecule has 0 aromatic heterocycles. The third kappa shape index (κ3) is 4.39. The highest BCUT2D eigenvalue weighted by atomic mass is 35.5. The Morgan fingerprint density at radius 2 is 1.82 bits per heavy atom. The van der Waals surface area contributed by atoms with E-state index in [9.17, 15) is 18.0 Å². The fourth-order valence-corrected chi connectivity index (χ4v) is 1.96. The second-order valence-corrected chi connectivity index (χ2v) is 4.87. The third-order valence-electron chi connectivity index (χ3n) is 2.79. The Hall–Kier alpha value is -2.21. The minimum absolute atomic E-state index is 0.0841. The quantitative estimate of drug-likeness (QED) is 0.873. The van der Waals surface area contributed by atoms with Crippen LogP contribution in [0.1, 0.15) is 5.56 Å². The second-order valence-electron chi connectivity index (χ2n) is 4.46. The van der Waals surface area contributed by atoms with Crippen LogP contribution in [0.3, 0.4) is 0 Å². The Bertz CT molecular complexity index is 674. The van der Waals surface area contributed by atoms with Crippen molar-refractivity contribution in [1.29, 1.82) is 0 Å². The first-order chi connectivity index (χ1) is 10.4. The molecule has 0 saturated heterocycles. The summed E-state index contributed by atoms with van der Waals surface area (Å²) in [5.41, 5.74) is -0.159. The van der Waals surface area contributed by atoms with Crippen molar-refractivity contribution < 1.29 is 18.0 Å². The molecule has 0 aliphatic rings. The van der Waals surface area contributed by atoms with Gasteiger partial charge in [0.05, 0.1) is 22.8 Å². The van der Waals surface area contributed by atoms with E-state index in [1.54, 1.807) is 24.3 Å². The maximum Gasteiger partial charge on any atom is 0.416 e. The predicted molar refractivity (Wildman–Crippen MR) is 80.0 cm³/mol. The number of anilines is 2. The van der Waals surface area contributed by atoms with E-state index in [2.05, 4.69) is 10.6 Å². The lowest BCUT2D eigenvalue weighted by atomic mass is 10.2. The van der Waals surface area contributed by atoms with E-state index in [-0.39, 0.29) is 12.2 Å². The van der Waals surface area contributed by atoms with Crippen molar-refractivity contribution in [3.63, 3.8) is 0 Å². The van der Waals surface area contributed by atoms with Crippen LogP contribution in [0.5, 0.6) is 0 Å². The Balaban J connectivity index is 1.97. The summed E-state index contributed by atoms with van der Waals surface area (Å²) >= 11 is 5.92. The second kappa shape index (κ2) is 6.70. The molecule has 0 atom stereocenters. The number of carbonyl (C=O) groups excluding carboxylic acids is 1. The fraction of sp³-hybridized carbons (Fsp3) is 0.133. The largest absolute Gasteiger partial charge is 0.416 e. The summed E-state index contributed by atoms with van der Waals surface area (Å²) in [4.78, 5) is 11.8. The van der Waals surface area contributed by atoms with Crippen LogP contribution in [0, 0.1) is 0 Å². The molecule has 0 spiro atoms. The maximum atomic E-state index is 12.6. The monoisotopic (exact) mass is 328 g/mol.